The summed E-state index contributed by atoms with van der Waals surface area (Å²) < 4.78 is 1.76. The van der Waals surface area contributed by atoms with Crippen LogP contribution < -0.4 is 5.73 Å². The van der Waals surface area contributed by atoms with Gasteiger partial charge in [-0.3, -0.25) is 9.48 Å². The monoisotopic (exact) mass is 264 g/mol. The quantitative estimate of drug-likeness (QED) is 0.880. The van der Waals surface area contributed by atoms with E-state index in [9.17, 15) is 4.79 Å². The Kier molecular flexibility index (Phi) is 4.96. The number of carbonyl (C=O) groups excluding carboxylic acids is 1. The number of likely N-dealkylation sites (tertiary alicyclic amines) is 1. The van der Waals surface area contributed by atoms with Crippen molar-refractivity contribution in [2.75, 3.05) is 19.6 Å². The fraction of sp³-hybridized carbons (Fsp3) is 0.714. The second-order valence-electron chi connectivity index (χ2n) is 5.40. The Morgan fingerprint density at radius 1 is 1.37 bits per heavy atom. The zero-order chi connectivity index (χ0) is 13.7. The minimum atomic E-state index is -0.109. The first-order valence-corrected chi connectivity index (χ1v) is 7.17. The second-order valence-corrected chi connectivity index (χ2v) is 5.40. The lowest BCUT2D eigenvalue weighted by Gasteiger charge is -2.25. The maximum atomic E-state index is 12.5. The molecule has 2 heterocycles. The van der Waals surface area contributed by atoms with Crippen molar-refractivity contribution in [1.29, 1.82) is 0 Å². The fourth-order valence-electron chi connectivity index (χ4n) is 2.68. The molecule has 19 heavy (non-hydrogen) atoms. The van der Waals surface area contributed by atoms with Gasteiger partial charge in [0.1, 0.15) is 0 Å². The van der Waals surface area contributed by atoms with Gasteiger partial charge < -0.3 is 10.6 Å². The molecule has 106 valence electrons. The van der Waals surface area contributed by atoms with Crippen molar-refractivity contribution >= 4 is 5.91 Å². The van der Waals surface area contributed by atoms with Crippen molar-refractivity contribution in [2.24, 2.45) is 18.7 Å². The summed E-state index contributed by atoms with van der Waals surface area (Å²) in [5, 5.41) is 4.14. The lowest BCUT2D eigenvalue weighted by molar-refractivity contribution is -0.135. The first-order valence-electron chi connectivity index (χ1n) is 7.17. The summed E-state index contributed by atoms with van der Waals surface area (Å²) in [5.41, 5.74) is 6.88. The number of hydrogen-bond acceptors (Lipinski definition) is 3. The topological polar surface area (TPSA) is 64.2 Å². The van der Waals surface area contributed by atoms with Gasteiger partial charge in [0.2, 0.25) is 5.91 Å². The molecule has 1 aliphatic rings. The molecule has 1 aromatic rings. The lowest BCUT2D eigenvalue weighted by atomic mass is 10.00. The summed E-state index contributed by atoms with van der Waals surface area (Å²) >= 11 is 0. The van der Waals surface area contributed by atoms with Crippen LogP contribution in [0, 0.1) is 5.92 Å². The van der Waals surface area contributed by atoms with E-state index in [0.29, 0.717) is 13.0 Å². The highest BCUT2D eigenvalue weighted by atomic mass is 16.2. The number of amides is 1. The molecule has 0 radical (unpaired) electrons. The molecule has 2 N–H and O–H groups in total. The molecule has 1 fully saturated rings. The zero-order valence-corrected chi connectivity index (χ0v) is 11.7. The Labute approximate surface area is 114 Å². The molecule has 0 aliphatic carbocycles. The number of aryl methyl sites for hydroxylation is 1. The molecular formula is C14H24N4O. The van der Waals surface area contributed by atoms with Crippen LogP contribution in [0.3, 0.4) is 0 Å². The lowest BCUT2D eigenvalue weighted by Crippen LogP contribution is -2.40. The Morgan fingerprint density at radius 3 is 2.58 bits per heavy atom. The van der Waals surface area contributed by atoms with Crippen molar-refractivity contribution in [3.05, 3.63) is 18.0 Å². The highest BCUT2D eigenvalue weighted by Crippen LogP contribution is 2.15. The van der Waals surface area contributed by atoms with Crippen LogP contribution in [0.2, 0.25) is 0 Å². The van der Waals surface area contributed by atoms with E-state index in [4.69, 9.17) is 5.73 Å². The van der Waals surface area contributed by atoms with Gasteiger partial charge >= 0.3 is 0 Å². The van der Waals surface area contributed by atoms with Crippen LogP contribution in [-0.2, 0) is 18.3 Å². The van der Waals surface area contributed by atoms with Gasteiger partial charge in [-0.25, -0.2) is 0 Å². The Bertz CT molecular complexity index is 407. The summed E-state index contributed by atoms with van der Waals surface area (Å²) in [6.45, 7) is 2.19. The average molecular weight is 264 g/mol. The number of rotatable bonds is 4. The number of nitrogens with zero attached hydrogens (tertiary/aromatic N) is 3. The Morgan fingerprint density at radius 2 is 2.05 bits per heavy atom. The zero-order valence-electron chi connectivity index (χ0n) is 11.7. The van der Waals surface area contributed by atoms with Crippen molar-refractivity contribution in [1.82, 2.24) is 14.7 Å². The van der Waals surface area contributed by atoms with E-state index in [-0.39, 0.29) is 11.8 Å². The summed E-state index contributed by atoms with van der Waals surface area (Å²) in [4.78, 5) is 14.5. The minimum absolute atomic E-state index is 0.109. The average Bonchev–Trinajstić information content (AvgIpc) is 2.68. The molecule has 0 spiro atoms. The maximum absolute atomic E-state index is 12.5. The largest absolute Gasteiger partial charge is 0.342 e. The summed E-state index contributed by atoms with van der Waals surface area (Å²) in [5.74, 6) is 0.107. The van der Waals surface area contributed by atoms with Crippen LogP contribution in [-0.4, -0.2) is 40.2 Å². The van der Waals surface area contributed by atoms with Crippen LogP contribution in [0.15, 0.2) is 12.4 Å². The van der Waals surface area contributed by atoms with E-state index in [0.717, 1.165) is 31.5 Å². The molecule has 1 aliphatic heterocycles. The third-order valence-corrected chi connectivity index (χ3v) is 3.79. The molecule has 1 atom stereocenters. The van der Waals surface area contributed by atoms with E-state index >= 15 is 0 Å². The van der Waals surface area contributed by atoms with Gasteiger partial charge in [0.05, 0.1) is 12.1 Å². The van der Waals surface area contributed by atoms with Gasteiger partial charge in [-0.2, -0.15) is 5.10 Å². The number of nitrogens with two attached hydrogens (primary N) is 1. The van der Waals surface area contributed by atoms with E-state index in [2.05, 4.69) is 5.10 Å². The molecular weight excluding hydrogens is 240 g/mol. The van der Waals surface area contributed by atoms with E-state index in [1.165, 1.54) is 12.8 Å². The molecule has 0 saturated carbocycles. The Balaban J connectivity index is 1.97. The molecule has 0 bridgehead atoms. The summed E-state index contributed by atoms with van der Waals surface area (Å²) in [7, 11) is 1.89. The third-order valence-electron chi connectivity index (χ3n) is 3.79. The van der Waals surface area contributed by atoms with Crippen molar-refractivity contribution < 1.29 is 4.79 Å². The van der Waals surface area contributed by atoms with Crippen molar-refractivity contribution in [2.45, 2.75) is 32.1 Å². The molecule has 1 amide bonds. The predicted octanol–water partition coefficient (Wildman–Crippen LogP) is 0.940. The molecule has 2 rings (SSSR count). The van der Waals surface area contributed by atoms with Gasteiger partial charge in [0.25, 0.3) is 0 Å². The van der Waals surface area contributed by atoms with Gasteiger partial charge in [-0.05, 0) is 24.8 Å². The van der Waals surface area contributed by atoms with Crippen molar-refractivity contribution in [3.8, 4) is 0 Å². The van der Waals surface area contributed by atoms with Crippen molar-refractivity contribution in [3.63, 3.8) is 0 Å². The molecule has 5 nitrogen and oxygen atoms in total. The number of aromatic nitrogens is 2. The van der Waals surface area contributed by atoms with Crippen LogP contribution in [0.5, 0.6) is 0 Å². The number of carbonyl (C=O) groups is 1. The van der Waals surface area contributed by atoms with Gasteiger partial charge in [-0.15, -0.1) is 0 Å². The summed E-state index contributed by atoms with van der Waals surface area (Å²) in [6.07, 6.45) is 9.18. The van der Waals surface area contributed by atoms with E-state index in [1.807, 2.05) is 24.3 Å². The van der Waals surface area contributed by atoms with E-state index in [1.54, 1.807) is 4.68 Å². The minimum Gasteiger partial charge on any atom is -0.342 e. The maximum Gasteiger partial charge on any atom is 0.227 e. The van der Waals surface area contributed by atoms with Gasteiger partial charge in [0, 0.05) is 32.9 Å². The predicted molar refractivity (Wildman–Crippen MR) is 74.5 cm³/mol. The first kappa shape index (κ1) is 14.1. The van der Waals surface area contributed by atoms with Crippen LogP contribution >= 0.6 is 0 Å². The van der Waals surface area contributed by atoms with Gasteiger partial charge in [-0.1, -0.05) is 12.8 Å². The smallest absolute Gasteiger partial charge is 0.227 e. The van der Waals surface area contributed by atoms with Gasteiger partial charge in [0.15, 0.2) is 0 Å². The number of hydrogen-bond donors (Lipinski definition) is 1. The fourth-order valence-corrected chi connectivity index (χ4v) is 2.68. The Hall–Kier alpha value is -1.36. The summed E-state index contributed by atoms with van der Waals surface area (Å²) in [6, 6.07) is 0. The normalized spacial score (nSPS) is 18.1. The van der Waals surface area contributed by atoms with E-state index < -0.39 is 0 Å². The SMILES string of the molecule is Cn1cc(CC(CN)C(=O)N2CCCCCC2)cn1. The van der Waals surface area contributed by atoms with Crippen LogP contribution in [0.4, 0.5) is 0 Å². The molecule has 1 unspecified atom stereocenters. The molecule has 5 heteroatoms. The molecule has 1 saturated heterocycles. The van der Waals surface area contributed by atoms with Crippen LogP contribution in [0.1, 0.15) is 31.2 Å². The molecule has 1 aromatic heterocycles. The first-order chi connectivity index (χ1) is 9.20. The highest BCUT2D eigenvalue weighted by molar-refractivity contribution is 5.79. The standard InChI is InChI=1S/C14H24N4O/c1-17-11-12(10-16-17)8-13(9-15)14(19)18-6-4-2-3-5-7-18/h10-11,13H,2-9,15H2,1H3. The van der Waals surface area contributed by atoms with Crippen LogP contribution in [0.25, 0.3) is 0 Å². The second kappa shape index (κ2) is 6.70. The third kappa shape index (κ3) is 3.80. The molecule has 0 aromatic carbocycles. The highest BCUT2D eigenvalue weighted by Gasteiger charge is 2.24.